The van der Waals surface area contributed by atoms with Crippen molar-refractivity contribution in [2.45, 2.75) is 32.2 Å². The lowest BCUT2D eigenvalue weighted by atomic mass is 10.2. The molecule has 0 spiro atoms. The summed E-state index contributed by atoms with van der Waals surface area (Å²) in [6, 6.07) is 6.07. The van der Waals surface area contributed by atoms with E-state index in [1.54, 1.807) is 0 Å². The van der Waals surface area contributed by atoms with E-state index in [0.717, 1.165) is 65.2 Å². The number of hydrogen-bond donors (Lipinski definition) is 1. The number of amides is 1. The summed E-state index contributed by atoms with van der Waals surface area (Å²) in [5.74, 6) is 0.181. The Bertz CT molecular complexity index is 425. The van der Waals surface area contributed by atoms with Crippen molar-refractivity contribution >= 4 is 5.91 Å². The molecule has 1 aliphatic heterocycles. The van der Waals surface area contributed by atoms with Crippen molar-refractivity contribution in [3.63, 3.8) is 0 Å². The molecule has 1 aliphatic rings. The Kier molecular flexibility index (Phi) is 10.9. The number of aryl methyl sites for hydroxylation is 1. The fourth-order valence-corrected chi connectivity index (χ4v) is 2.61. The van der Waals surface area contributed by atoms with E-state index in [4.69, 9.17) is 4.74 Å². The van der Waals surface area contributed by atoms with Gasteiger partial charge in [-0.25, -0.2) is 4.57 Å². The van der Waals surface area contributed by atoms with Crippen molar-refractivity contribution in [1.29, 1.82) is 0 Å². The zero-order valence-electron chi connectivity index (χ0n) is 13.8. The minimum atomic E-state index is 0. The van der Waals surface area contributed by atoms with Gasteiger partial charge >= 0.3 is 0 Å². The fraction of sp³-hybridized carbons (Fsp3) is 0.647. The molecule has 0 aromatic carbocycles. The van der Waals surface area contributed by atoms with E-state index in [-0.39, 0.29) is 22.9 Å². The predicted octanol–water partition coefficient (Wildman–Crippen LogP) is -2.01. The molecule has 0 unspecified atom stereocenters. The Labute approximate surface area is 149 Å². The maximum atomic E-state index is 11.8. The number of rotatable bonds is 9. The van der Waals surface area contributed by atoms with E-state index in [9.17, 15) is 4.79 Å². The molecule has 0 atom stereocenters. The molecular formula is C17H28BrN3O2. The van der Waals surface area contributed by atoms with Gasteiger partial charge in [0.25, 0.3) is 0 Å². The molecule has 1 fully saturated rings. The normalized spacial score (nSPS) is 15.0. The van der Waals surface area contributed by atoms with Gasteiger partial charge in [0.15, 0.2) is 12.4 Å². The fourth-order valence-electron chi connectivity index (χ4n) is 2.61. The third-order valence-corrected chi connectivity index (χ3v) is 3.92. The summed E-state index contributed by atoms with van der Waals surface area (Å²) < 4.78 is 7.47. The Morgan fingerprint density at radius 2 is 1.83 bits per heavy atom. The Hall–Kier alpha value is -0.980. The van der Waals surface area contributed by atoms with Crippen LogP contribution in [0.2, 0.25) is 0 Å². The highest BCUT2D eigenvalue weighted by atomic mass is 79.9. The average molecular weight is 386 g/mol. The molecule has 1 N–H and O–H groups in total. The maximum Gasteiger partial charge on any atom is 0.219 e. The third-order valence-electron chi connectivity index (χ3n) is 3.92. The molecule has 2 rings (SSSR count). The molecule has 2 heterocycles. The Morgan fingerprint density at radius 1 is 1.09 bits per heavy atom. The Balaban J connectivity index is 0.00000264. The minimum absolute atomic E-state index is 0. The van der Waals surface area contributed by atoms with E-state index in [0.29, 0.717) is 6.42 Å². The van der Waals surface area contributed by atoms with Gasteiger partial charge in [0, 0.05) is 44.6 Å². The van der Waals surface area contributed by atoms with Gasteiger partial charge in [0.1, 0.15) is 6.54 Å². The number of carbonyl (C=O) groups excluding carboxylic acids is 1. The molecule has 1 amide bonds. The monoisotopic (exact) mass is 385 g/mol. The number of pyridine rings is 1. The third kappa shape index (κ3) is 9.03. The second-order valence-corrected chi connectivity index (χ2v) is 5.73. The van der Waals surface area contributed by atoms with Crippen molar-refractivity contribution < 1.29 is 31.1 Å². The molecule has 0 radical (unpaired) electrons. The lowest BCUT2D eigenvalue weighted by Gasteiger charge is -2.26. The summed E-state index contributed by atoms with van der Waals surface area (Å²) in [6.45, 7) is 6.52. The first-order valence-corrected chi connectivity index (χ1v) is 8.35. The summed E-state index contributed by atoms with van der Waals surface area (Å²) in [7, 11) is 0. The number of unbranched alkanes of at least 4 members (excludes halogenated alkanes) is 1. The van der Waals surface area contributed by atoms with Gasteiger partial charge in [-0.1, -0.05) is 6.07 Å². The largest absolute Gasteiger partial charge is 1.00 e. The van der Waals surface area contributed by atoms with Gasteiger partial charge in [-0.05, 0) is 19.4 Å². The van der Waals surface area contributed by atoms with Crippen LogP contribution in [0.5, 0.6) is 0 Å². The van der Waals surface area contributed by atoms with Crippen LogP contribution in [0, 0.1) is 0 Å². The summed E-state index contributed by atoms with van der Waals surface area (Å²) in [5, 5.41) is 3.02. The highest BCUT2D eigenvalue weighted by Crippen LogP contribution is 1.98. The smallest absolute Gasteiger partial charge is 0.219 e. The number of nitrogens with zero attached hydrogens (tertiary/aromatic N) is 2. The van der Waals surface area contributed by atoms with Crippen LogP contribution in [0.1, 0.15) is 25.7 Å². The molecule has 1 aromatic rings. The summed E-state index contributed by atoms with van der Waals surface area (Å²) in [5.41, 5.74) is 0. The van der Waals surface area contributed by atoms with Gasteiger partial charge in [-0.2, -0.15) is 0 Å². The van der Waals surface area contributed by atoms with E-state index in [1.807, 2.05) is 18.2 Å². The van der Waals surface area contributed by atoms with Crippen LogP contribution in [0.3, 0.4) is 0 Å². The molecule has 130 valence electrons. The van der Waals surface area contributed by atoms with E-state index < -0.39 is 0 Å². The van der Waals surface area contributed by atoms with Gasteiger partial charge in [-0.3, -0.25) is 9.69 Å². The van der Waals surface area contributed by atoms with Crippen molar-refractivity contribution in [2.24, 2.45) is 0 Å². The number of halogens is 1. The van der Waals surface area contributed by atoms with Crippen molar-refractivity contribution in [3.8, 4) is 0 Å². The first kappa shape index (κ1) is 20.1. The van der Waals surface area contributed by atoms with Crippen molar-refractivity contribution in [3.05, 3.63) is 30.6 Å². The SMILES string of the molecule is O=C(CCCC[n+]1ccccc1)NCCCN1CCOCC1.[Br-]. The second kappa shape index (κ2) is 12.4. The van der Waals surface area contributed by atoms with Crippen LogP contribution in [-0.4, -0.2) is 50.2 Å². The number of hydrogen-bond acceptors (Lipinski definition) is 3. The summed E-state index contributed by atoms with van der Waals surface area (Å²) in [6.07, 6.45) is 7.75. The summed E-state index contributed by atoms with van der Waals surface area (Å²) >= 11 is 0. The zero-order chi connectivity index (χ0) is 15.5. The van der Waals surface area contributed by atoms with E-state index in [1.165, 1.54) is 0 Å². The lowest BCUT2D eigenvalue weighted by Crippen LogP contribution is -3.00. The highest BCUT2D eigenvalue weighted by molar-refractivity contribution is 5.75. The molecule has 5 nitrogen and oxygen atoms in total. The molecular weight excluding hydrogens is 358 g/mol. The number of morpholine rings is 1. The van der Waals surface area contributed by atoms with Crippen LogP contribution in [0.15, 0.2) is 30.6 Å². The van der Waals surface area contributed by atoms with Crippen LogP contribution in [0.4, 0.5) is 0 Å². The molecule has 6 heteroatoms. The summed E-state index contributed by atoms with van der Waals surface area (Å²) in [4.78, 5) is 14.1. The molecule has 0 aliphatic carbocycles. The molecule has 0 saturated carbocycles. The molecule has 1 aromatic heterocycles. The van der Waals surface area contributed by atoms with Gasteiger partial charge < -0.3 is 27.0 Å². The van der Waals surface area contributed by atoms with Crippen molar-refractivity contribution in [2.75, 3.05) is 39.4 Å². The minimum Gasteiger partial charge on any atom is -1.00 e. The van der Waals surface area contributed by atoms with Crippen molar-refractivity contribution in [1.82, 2.24) is 10.2 Å². The topological polar surface area (TPSA) is 45.5 Å². The van der Waals surface area contributed by atoms with E-state index >= 15 is 0 Å². The van der Waals surface area contributed by atoms with Crippen LogP contribution in [-0.2, 0) is 16.1 Å². The molecule has 23 heavy (non-hydrogen) atoms. The van der Waals surface area contributed by atoms with Crippen LogP contribution >= 0.6 is 0 Å². The van der Waals surface area contributed by atoms with Crippen LogP contribution in [0.25, 0.3) is 0 Å². The van der Waals surface area contributed by atoms with Gasteiger partial charge in [-0.15, -0.1) is 0 Å². The standard InChI is InChI=1S/C17H27N3O2.BrH/c21-17(7-2-5-11-19-9-3-1-4-10-19)18-8-6-12-20-13-15-22-16-14-20;/h1,3-4,9-10H,2,5-8,11-16H2;1H. The first-order chi connectivity index (χ1) is 10.8. The number of aromatic nitrogens is 1. The predicted molar refractivity (Wildman–Crippen MR) is 85.4 cm³/mol. The maximum absolute atomic E-state index is 11.8. The van der Waals surface area contributed by atoms with E-state index in [2.05, 4.69) is 27.2 Å². The number of ether oxygens (including phenoxy) is 1. The van der Waals surface area contributed by atoms with Gasteiger partial charge in [0.05, 0.1) is 13.2 Å². The van der Waals surface area contributed by atoms with Crippen LogP contribution < -0.4 is 26.9 Å². The second-order valence-electron chi connectivity index (χ2n) is 5.73. The first-order valence-electron chi connectivity index (χ1n) is 8.35. The number of nitrogens with one attached hydrogen (secondary N) is 1. The molecule has 0 bridgehead atoms. The quantitative estimate of drug-likeness (QED) is 0.394. The highest BCUT2D eigenvalue weighted by Gasteiger charge is 2.09. The van der Waals surface area contributed by atoms with Gasteiger partial charge in [0.2, 0.25) is 5.91 Å². The molecule has 1 saturated heterocycles. The number of carbonyl (C=O) groups is 1. The Morgan fingerprint density at radius 3 is 2.57 bits per heavy atom. The lowest BCUT2D eigenvalue weighted by molar-refractivity contribution is -0.697. The zero-order valence-corrected chi connectivity index (χ0v) is 15.3. The average Bonchev–Trinajstić information content (AvgIpc) is 2.57.